The third kappa shape index (κ3) is 4.77. The fraction of sp³-hybridized carbons (Fsp3) is 0.600. The zero-order valence-electron chi connectivity index (χ0n) is 5.98. The molecule has 14 heavy (non-hydrogen) atoms. The predicted molar refractivity (Wildman–Crippen MR) is 34.1 cm³/mol. The van der Waals surface area contributed by atoms with Crippen molar-refractivity contribution < 1.29 is 35.1 Å². The number of allylic oxidation sites excluding steroid dienone is 2. The van der Waals surface area contributed by atoms with Crippen molar-refractivity contribution in [2.45, 2.75) is 17.2 Å². The van der Waals surface area contributed by atoms with E-state index in [0.29, 0.717) is 0 Å². The molecule has 0 aliphatic heterocycles. The number of hydrogen-bond acceptors (Lipinski definition) is 0. The lowest BCUT2D eigenvalue weighted by Crippen LogP contribution is -2.28. The summed E-state index contributed by atoms with van der Waals surface area (Å²) in [7, 11) is 0. The highest BCUT2D eigenvalue weighted by atomic mass is 79.9. The quantitative estimate of drug-likeness (QED) is 0.389. The standard InChI is InChI=1S/C5HBrF8/c6-3(7,8)1-2(4(9,10)11)5(12,13)14/h1H. The van der Waals surface area contributed by atoms with Crippen LogP contribution in [0.15, 0.2) is 11.6 Å². The highest BCUT2D eigenvalue weighted by Crippen LogP contribution is 2.41. The van der Waals surface area contributed by atoms with Crippen molar-refractivity contribution in [2.75, 3.05) is 0 Å². The first kappa shape index (κ1) is 13.7. The van der Waals surface area contributed by atoms with Crippen LogP contribution in [-0.4, -0.2) is 17.2 Å². The molecule has 0 nitrogen and oxygen atoms in total. The van der Waals surface area contributed by atoms with Crippen molar-refractivity contribution in [1.29, 1.82) is 0 Å². The van der Waals surface area contributed by atoms with Crippen LogP contribution in [0.4, 0.5) is 35.1 Å². The Morgan fingerprint density at radius 1 is 0.786 bits per heavy atom. The summed E-state index contributed by atoms with van der Waals surface area (Å²) in [6, 6.07) is 0. The number of rotatable bonds is 1. The van der Waals surface area contributed by atoms with Gasteiger partial charge in [0.1, 0.15) is 5.57 Å². The monoisotopic (exact) mass is 292 g/mol. The third-order valence-corrected chi connectivity index (χ3v) is 1.15. The van der Waals surface area contributed by atoms with Gasteiger partial charge in [0.25, 0.3) is 0 Å². The Morgan fingerprint density at radius 2 is 1.07 bits per heavy atom. The van der Waals surface area contributed by atoms with Gasteiger partial charge in [0.15, 0.2) is 0 Å². The molecular weight excluding hydrogens is 292 g/mol. The minimum Gasteiger partial charge on any atom is -0.189 e. The Morgan fingerprint density at radius 3 is 1.14 bits per heavy atom. The van der Waals surface area contributed by atoms with E-state index in [2.05, 4.69) is 0 Å². The fourth-order valence-corrected chi connectivity index (χ4v) is 0.717. The SMILES string of the molecule is FC(F)(Br)C=C(C(F)(F)F)C(F)(F)F. The second-order valence-electron chi connectivity index (χ2n) is 2.10. The first-order valence-electron chi connectivity index (χ1n) is 2.78. The maximum absolute atomic E-state index is 11.9. The summed E-state index contributed by atoms with van der Waals surface area (Å²) in [6.45, 7) is 0. The van der Waals surface area contributed by atoms with Crippen molar-refractivity contribution >= 4 is 15.9 Å². The lowest BCUT2D eigenvalue weighted by Gasteiger charge is -2.16. The molecule has 0 saturated carbocycles. The molecule has 0 radical (unpaired) electrons. The van der Waals surface area contributed by atoms with Crippen LogP contribution in [0.3, 0.4) is 0 Å². The van der Waals surface area contributed by atoms with Gasteiger partial charge in [0.2, 0.25) is 0 Å². The zero-order chi connectivity index (χ0) is 11.8. The van der Waals surface area contributed by atoms with Crippen LogP contribution < -0.4 is 0 Å². The lowest BCUT2D eigenvalue weighted by molar-refractivity contribution is -0.173. The van der Waals surface area contributed by atoms with Crippen molar-refractivity contribution in [1.82, 2.24) is 0 Å². The lowest BCUT2D eigenvalue weighted by atomic mass is 10.2. The normalized spacial score (nSPS) is 14.1. The van der Waals surface area contributed by atoms with E-state index in [-0.39, 0.29) is 0 Å². The summed E-state index contributed by atoms with van der Waals surface area (Å²) in [4.78, 5) is -4.35. The highest BCUT2D eigenvalue weighted by molar-refractivity contribution is 9.10. The molecule has 0 atom stereocenters. The van der Waals surface area contributed by atoms with Gasteiger partial charge >= 0.3 is 17.2 Å². The average Bonchev–Trinajstić information content (AvgIpc) is 1.75. The summed E-state index contributed by atoms with van der Waals surface area (Å²) in [6.07, 6.45) is -13.0. The molecule has 0 N–H and O–H groups in total. The molecule has 0 unspecified atom stereocenters. The van der Waals surface area contributed by atoms with Gasteiger partial charge in [-0.05, 0) is 15.9 Å². The predicted octanol–water partition coefficient (Wildman–Crippen LogP) is 4.03. The van der Waals surface area contributed by atoms with E-state index in [0.717, 1.165) is 0 Å². The molecule has 0 aliphatic rings. The van der Waals surface area contributed by atoms with Gasteiger partial charge in [-0.3, -0.25) is 0 Å². The minimum absolute atomic E-state index is 1.23. The average molecular weight is 293 g/mol. The van der Waals surface area contributed by atoms with Crippen LogP contribution in [0.25, 0.3) is 0 Å². The zero-order valence-corrected chi connectivity index (χ0v) is 7.57. The molecule has 0 aromatic heterocycles. The molecule has 0 aromatic rings. The van der Waals surface area contributed by atoms with Crippen LogP contribution in [0.2, 0.25) is 0 Å². The molecule has 0 fully saturated rings. The largest absolute Gasteiger partial charge is 0.421 e. The Hall–Kier alpha value is -0.340. The Labute approximate surface area is 80.7 Å². The van der Waals surface area contributed by atoms with E-state index in [1.807, 2.05) is 0 Å². The first-order chi connectivity index (χ1) is 5.84. The van der Waals surface area contributed by atoms with Crippen molar-refractivity contribution in [3.8, 4) is 0 Å². The van der Waals surface area contributed by atoms with E-state index in [1.54, 1.807) is 0 Å². The van der Waals surface area contributed by atoms with Gasteiger partial charge in [0, 0.05) is 6.08 Å². The van der Waals surface area contributed by atoms with Gasteiger partial charge < -0.3 is 0 Å². The van der Waals surface area contributed by atoms with Gasteiger partial charge in [-0.2, -0.15) is 35.1 Å². The molecule has 9 heteroatoms. The van der Waals surface area contributed by atoms with E-state index in [1.165, 1.54) is 15.9 Å². The first-order valence-corrected chi connectivity index (χ1v) is 3.57. The molecule has 0 heterocycles. The summed E-state index contributed by atoms with van der Waals surface area (Å²) < 4.78 is 93.4. The van der Waals surface area contributed by atoms with Crippen LogP contribution in [-0.2, 0) is 0 Å². The fourth-order valence-electron chi connectivity index (χ4n) is 0.488. The maximum atomic E-state index is 11.9. The number of alkyl halides is 9. The maximum Gasteiger partial charge on any atom is 0.421 e. The molecule has 0 saturated heterocycles. The molecule has 84 valence electrons. The van der Waals surface area contributed by atoms with Gasteiger partial charge in [0.05, 0.1) is 0 Å². The number of halogens is 9. The van der Waals surface area contributed by atoms with Crippen LogP contribution in [0.1, 0.15) is 0 Å². The second-order valence-corrected chi connectivity index (χ2v) is 3.15. The third-order valence-electron chi connectivity index (χ3n) is 0.919. The summed E-state index contributed by atoms with van der Waals surface area (Å²) >= 11 is 1.35. The van der Waals surface area contributed by atoms with Crippen LogP contribution in [0, 0.1) is 0 Å². The van der Waals surface area contributed by atoms with E-state index < -0.39 is 28.8 Å². The molecule has 0 rings (SSSR count). The van der Waals surface area contributed by atoms with E-state index in [9.17, 15) is 35.1 Å². The highest BCUT2D eigenvalue weighted by Gasteiger charge is 2.52. The molecule has 0 aliphatic carbocycles. The molecule has 0 amide bonds. The van der Waals surface area contributed by atoms with E-state index in [4.69, 9.17) is 0 Å². The topological polar surface area (TPSA) is 0 Å². The minimum atomic E-state index is -5.87. The van der Waals surface area contributed by atoms with Crippen LogP contribution >= 0.6 is 15.9 Å². The van der Waals surface area contributed by atoms with E-state index >= 15 is 0 Å². The summed E-state index contributed by atoms with van der Waals surface area (Å²) in [5, 5.41) is 0. The number of hydrogen-bond donors (Lipinski definition) is 0. The van der Waals surface area contributed by atoms with Crippen molar-refractivity contribution in [3.63, 3.8) is 0 Å². The van der Waals surface area contributed by atoms with Gasteiger partial charge in [-0.1, -0.05) is 0 Å². The van der Waals surface area contributed by atoms with Crippen LogP contribution in [0.5, 0.6) is 0 Å². The molecule has 0 spiro atoms. The summed E-state index contributed by atoms with van der Waals surface area (Å²) in [5.74, 6) is 0. The molecule has 0 bridgehead atoms. The van der Waals surface area contributed by atoms with Gasteiger partial charge in [-0.15, -0.1) is 0 Å². The molecular formula is C5HBrF8. The Balaban J connectivity index is 5.26. The van der Waals surface area contributed by atoms with Gasteiger partial charge in [-0.25, -0.2) is 0 Å². The smallest absolute Gasteiger partial charge is 0.189 e. The molecule has 0 aromatic carbocycles. The Bertz CT molecular complexity index is 212. The summed E-state index contributed by atoms with van der Waals surface area (Å²) in [5.41, 5.74) is -3.24. The van der Waals surface area contributed by atoms with Crippen molar-refractivity contribution in [2.24, 2.45) is 0 Å². The second kappa shape index (κ2) is 3.67. The Kier molecular flexibility index (Phi) is 3.58. The van der Waals surface area contributed by atoms with Crippen molar-refractivity contribution in [3.05, 3.63) is 11.6 Å².